The lowest BCUT2D eigenvalue weighted by Gasteiger charge is -2.26. The first kappa shape index (κ1) is 16.8. The lowest BCUT2D eigenvalue weighted by Crippen LogP contribution is -2.31. The van der Waals surface area contributed by atoms with E-state index >= 15 is 0 Å². The lowest BCUT2D eigenvalue weighted by molar-refractivity contribution is 0.0933. The Bertz CT molecular complexity index is 716. The van der Waals surface area contributed by atoms with E-state index in [-0.39, 0.29) is 11.9 Å². The third-order valence-corrected chi connectivity index (χ3v) is 4.58. The van der Waals surface area contributed by atoms with Crippen LogP contribution in [0.5, 0.6) is 0 Å². The van der Waals surface area contributed by atoms with Gasteiger partial charge in [-0.1, -0.05) is 0 Å². The van der Waals surface area contributed by atoms with Gasteiger partial charge in [0.05, 0.1) is 23.5 Å². The minimum atomic E-state index is -0.164. The van der Waals surface area contributed by atoms with Crippen LogP contribution in [0, 0.1) is 12.8 Å². The Kier molecular flexibility index (Phi) is 4.76. The highest BCUT2D eigenvalue weighted by Crippen LogP contribution is 2.24. The molecule has 0 fully saturated rings. The second kappa shape index (κ2) is 6.81. The highest BCUT2D eigenvalue weighted by molar-refractivity contribution is 5.95. The highest BCUT2D eigenvalue weighted by Gasteiger charge is 2.26. The van der Waals surface area contributed by atoms with Crippen LogP contribution in [0.1, 0.15) is 47.0 Å². The number of aromatic nitrogens is 2. The molecular weight excluding hydrogens is 304 g/mol. The molecule has 0 bridgehead atoms. The van der Waals surface area contributed by atoms with Crippen LogP contribution in [0.15, 0.2) is 22.7 Å². The van der Waals surface area contributed by atoms with Crippen molar-refractivity contribution in [3.63, 3.8) is 0 Å². The summed E-state index contributed by atoms with van der Waals surface area (Å²) in [5.74, 6) is 2.11. The number of carbonyl (C=O) groups excluding carboxylic acids is 1. The summed E-state index contributed by atoms with van der Waals surface area (Å²) >= 11 is 0. The molecule has 6 nitrogen and oxygen atoms in total. The van der Waals surface area contributed by atoms with E-state index in [0.29, 0.717) is 11.5 Å². The molecule has 130 valence electrons. The number of rotatable bonds is 5. The van der Waals surface area contributed by atoms with Crippen molar-refractivity contribution in [2.45, 2.75) is 39.3 Å². The first-order valence-electron chi connectivity index (χ1n) is 8.50. The molecule has 2 aromatic heterocycles. The molecule has 3 rings (SSSR count). The number of nitrogens with zero attached hydrogens (tertiary/aromatic N) is 3. The lowest BCUT2D eigenvalue weighted by atomic mass is 9.94. The molecular formula is C18H26N4O2. The van der Waals surface area contributed by atoms with E-state index in [1.54, 1.807) is 6.20 Å². The summed E-state index contributed by atoms with van der Waals surface area (Å²) in [5.41, 5.74) is 1.74. The van der Waals surface area contributed by atoms with Gasteiger partial charge in [-0.25, -0.2) is 0 Å². The zero-order valence-corrected chi connectivity index (χ0v) is 14.9. The van der Waals surface area contributed by atoms with Crippen molar-refractivity contribution in [1.29, 1.82) is 0 Å². The average Bonchev–Trinajstić information content (AvgIpc) is 3.12. The molecule has 0 unspecified atom stereocenters. The first-order chi connectivity index (χ1) is 11.4. The van der Waals surface area contributed by atoms with Crippen LogP contribution in [-0.2, 0) is 13.0 Å². The van der Waals surface area contributed by atoms with Crippen molar-refractivity contribution < 1.29 is 9.21 Å². The van der Waals surface area contributed by atoms with Gasteiger partial charge in [0.15, 0.2) is 0 Å². The van der Waals surface area contributed by atoms with Gasteiger partial charge in [0.2, 0.25) is 0 Å². The molecule has 1 amide bonds. The van der Waals surface area contributed by atoms with Crippen molar-refractivity contribution in [3.05, 3.63) is 41.1 Å². The quantitative estimate of drug-likeness (QED) is 0.914. The Morgan fingerprint density at radius 3 is 2.96 bits per heavy atom. The van der Waals surface area contributed by atoms with Gasteiger partial charge in [0.1, 0.15) is 11.5 Å². The zero-order valence-electron chi connectivity index (χ0n) is 14.9. The van der Waals surface area contributed by atoms with E-state index < -0.39 is 0 Å². The Labute approximate surface area is 142 Å². The standard InChI is InChI=1S/C18H26N4O2/c1-12-5-6-17(24-12)13(2)20-18(23)15-10-19-22-8-7-14(9-16(15)22)11-21(3)4/h5-6,10,13-14H,7-9,11H2,1-4H3,(H,20,23)/t13-,14+/m1/s1. The Hall–Kier alpha value is -2.08. The predicted molar refractivity (Wildman–Crippen MR) is 91.9 cm³/mol. The summed E-state index contributed by atoms with van der Waals surface area (Å²) in [6.45, 7) is 5.75. The van der Waals surface area contributed by atoms with E-state index in [2.05, 4.69) is 29.4 Å². The molecule has 0 spiro atoms. The van der Waals surface area contributed by atoms with Gasteiger partial charge in [-0.3, -0.25) is 9.48 Å². The fourth-order valence-electron chi connectivity index (χ4n) is 3.39. The molecule has 2 aromatic rings. The van der Waals surface area contributed by atoms with Crippen LogP contribution in [0.3, 0.4) is 0 Å². The van der Waals surface area contributed by atoms with E-state index in [9.17, 15) is 4.79 Å². The van der Waals surface area contributed by atoms with Crippen LogP contribution in [-0.4, -0.2) is 41.2 Å². The van der Waals surface area contributed by atoms with Gasteiger partial charge in [0.25, 0.3) is 5.91 Å². The third-order valence-electron chi connectivity index (χ3n) is 4.58. The molecule has 0 saturated carbocycles. The summed E-state index contributed by atoms with van der Waals surface area (Å²) in [6.07, 6.45) is 3.70. The molecule has 0 radical (unpaired) electrons. The van der Waals surface area contributed by atoms with E-state index in [0.717, 1.165) is 43.1 Å². The second-order valence-electron chi connectivity index (χ2n) is 6.99. The topological polar surface area (TPSA) is 63.3 Å². The fourth-order valence-corrected chi connectivity index (χ4v) is 3.39. The molecule has 3 heterocycles. The third kappa shape index (κ3) is 3.53. The summed E-state index contributed by atoms with van der Waals surface area (Å²) in [6, 6.07) is 3.65. The number of aryl methyl sites for hydroxylation is 2. The minimum absolute atomic E-state index is 0.0803. The van der Waals surface area contributed by atoms with Gasteiger partial charge in [0, 0.05) is 13.1 Å². The number of hydrogen-bond acceptors (Lipinski definition) is 4. The molecule has 2 atom stereocenters. The van der Waals surface area contributed by atoms with Crippen LogP contribution < -0.4 is 5.32 Å². The number of amides is 1. The maximum atomic E-state index is 12.7. The van der Waals surface area contributed by atoms with Gasteiger partial charge in [-0.2, -0.15) is 5.10 Å². The molecule has 6 heteroatoms. The maximum Gasteiger partial charge on any atom is 0.255 e. The molecule has 1 N–H and O–H groups in total. The van der Waals surface area contributed by atoms with E-state index in [4.69, 9.17) is 4.42 Å². The average molecular weight is 330 g/mol. The summed E-state index contributed by atoms with van der Waals surface area (Å²) < 4.78 is 7.57. The number of carbonyl (C=O) groups is 1. The van der Waals surface area contributed by atoms with E-state index in [1.807, 2.05) is 30.7 Å². The van der Waals surface area contributed by atoms with Crippen molar-refractivity contribution in [2.24, 2.45) is 5.92 Å². The van der Waals surface area contributed by atoms with E-state index in [1.165, 1.54) is 0 Å². The monoisotopic (exact) mass is 330 g/mol. The molecule has 0 aromatic carbocycles. The predicted octanol–water partition coefficient (Wildman–Crippen LogP) is 2.40. The van der Waals surface area contributed by atoms with Gasteiger partial charge in [-0.05, 0) is 58.8 Å². The van der Waals surface area contributed by atoms with Crippen molar-refractivity contribution in [2.75, 3.05) is 20.6 Å². The zero-order chi connectivity index (χ0) is 17.3. The molecule has 1 aliphatic rings. The smallest absolute Gasteiger partial charge is 0.255 e. The fraction of sp³-hybridized carbons (Fsp3) is 0.556. The summed E-state index contributed by atoms with van der Waals surface area (Å²) in [4.78, 5) is 14.9. The molecule has 0 saturated heterocycles. The second-order valence-corrected chi connectivity index (χ2v) is 6.99. The highest BCUT2D eigenvalue weighted by atomic mass is 16.3. The number of nitrogens with one attached hydrogen (secondary N) is 1. The molecule has 0 aliphatic carbocycles. The van der Waals surface area contributed by atoms with Gasteiger partial charge < -0.3 is 14.6 Å². The number of hydrogen-bond donors (Lipinski definition) is 1. The number of fused-ring (bicyclic) bond motifs is 1. The molecule has 1 aliphatic heterocycles. The first-order valence-corrected chi connectivity index (χ1v) is 8.50. The summed E-state index contributed by atoms with van der Waals surface area (Å²) in [5, 5.41) is 7.42. The van der Waals surface area contributed by atoms with Crippen molar-refractivity contribution in [1.82, 2.24) is 20.0 Å². The Balaban J connectivity index is 1.71. The van der Waals surface area contributed by atoms with Crippen molar-refractivity contribution >= 4 is 5.91 Å². The molecule has 24 heavy (non-hydrogen) atoms. The Morgan fingerprint density at radius 1 is 1.50 bits per heavy atom. The largest absolute Gasteiger partial charge is 0.464 e. The Morgan fingerprint density at radius 2 is 2.29 bits per heavy atom. The van der Waals surface area contributed by atoms with Gasteiger partial charge >= 0.3 is 0 Å². The van der Waals surface area contributed by atoms with Crippen LogP contribution in [0.4, 0.5) is 0 Å². The van der Waals surface area contributed by atoms with Crippen LogP contribution in [0.2, 0.25) is 0 Å². The maximum absolute atomic E-state index is 12.7. The normalized spacial score (nSPS) is 18.5. The SMILES string of the molecule is Cc1ccc([C@@H](C)NC(=O)c2cnn3c2C[C@@H](CN(C)C)CC3)o1. The minimum Gasteiger partial charge on any atom is -0.464 e. The number of furan rings is 1. The summed E-state index contributed by atoms with van der Waals surface area (Å²) in [7, 11) is 4.18. The van der Waals surface area contributed by atoms with Crippen LogP contribution >= 0.6 is 0 Å². The van der Waals surface area contributed by atoms with Crippen LogP contribution in [0.25, 0.3) is 0 Å². The van der Waals surface area contributed by atoms with Crippen molar-refractivity contribution in [3.8, 4) is 0 Å². The van der Waals surface area contributed by atoms with Gasteiger partial charge in [-0.15, -0.1) is 0 Å².